The molecule has 2 rings (SSSR count). The van der Waals surface area contributed by atoms with E-state index in [0.717, 1.165) is 5.56 Å². The van der Waals surface area contributed by atoms with E-state index in [0.29, 0.717) is 12.2 Å². The van der Waals surface area contributed by atoms with Crippen molar-refractivity contribution in [1.82, 2.24) is 5.32 Å². The van der Waals surface area contributed by atoms with Crippen LogP contribution in [0.2, 0.25) is 0 Å². The van der Waals surface area contributed by atoms with Crippen LogP contribution in [0.5, 0.6) is 0 Å². The van der Waals surface area contributed by atoms with Gasteiger partial charge in [0.05, 0.1) is 6.54 Å². The third-order valence-corrected chi connectivity index (χ3v) is 1.92. The molecular formula is C11H10N2O. The minimum Gasteiger partial charge on any atom is -0.346 e. The molecule has 1 aromatic rings. The van der Waals surface area contributed by atoms with Gasteiger partial charge in [-0.15, -0.1) is 0 Å². The lowest BCUT2D eigenvalue weighted by Gasteiger charge is -2.07. The Kier molecular flexibility index (Phi) is 2.40. The lowest BCUT2D eigenvalue weighted by Crippen LogP contribution is -2.29. The third kappa shape index (κ3) is 1.88. The fraction of sp³-hybridized carbons (Fsp3) is 0.0909. The van der Waals surface area contributed by atoms with Crippen LogP contribution < -0.4 is 5.32 Å². The summed E-state index contributed by atoms with van der Waals surface area (Å²) in [6.45, 7) is 0.519. The molecule has 3 nitrogen and oxygen atoms in total. The minimum absolute atomic E-state index is 0.114. The number of carbonyl (C=O) groups excluding carboxylic acids is 1. The van der Waals surface area contributed by atoms with Gasteiger partial charge in [0.1, 0.15) is 5.70 Å². The molecular weight excluding hydrogens is 176 g/mol. The maximum Gasteiger partial charge on any atom is 0.270 e. The van der Waals surface area contributed by atoms with E-state index >= 15 is 0 Å². The smallest absolute Gasteiger partial charge is 0.270 e. The zero-order chi connectivity index (χ0) is 9.80. The number of aliphatic imine (C=N–C) groups is 1. The van der Waals surface area contributed by atoms with Crippen molar-refractivity contribution in [2.24, 2.45) is 4.99 Å². The molecule has 1 aromatic carbocycles. The molecule has 0 saturated heterocycles. The monoisotopic (exact) mass is 186 g/mol. The summed E-state index contributed by atoms with van der Waals surface area (Å²) in [4.78, 5) is 15.3. The predicted molar refractivity (Wildman–Crippen MR) is 55.9 cm³/mol. The quantitative estimate of drug-likeness (QED) is 0.658. The molecule has 0 unspecified atom stereocenters. The van der Waals surface area contributed by atoms with Crippen molar-refractivity contribution in [1.29, 1.82) is 0 Å². The highest BCUT2D eigenvalue weighted by atomic mass is 16.2. The van der Waals surface area contributed by atoms with Crippen LogP contribution in [0.1, 0.15) is 5.56 Å². The lowest BCUT2D eigenvalue weighted by atomic mass is 10.2. The average Bonchev–Trinajstić information content (AvgIpc) is 2.23. The Hall–Kier alpha value is -1.90. The van der Waals surface area contributed by atoms with E-state index in [-0.39, 0.29) is 5.91 Å². The fourth-order valence-electron chi connectivity index (χ4n) is 1.24. The first-order valence-corrected chi connectivity index (χ1v) is 4.44. The highest BCUT2D eigenvalue weighted by molar-refractivity contribution is 6.01. The molecule has 1 aliphatic heterocycles. The molecule has 1 heterocycles. The third-order valence-electron chi connectivity index (χ3n) is 1.92. The summed E-state index contributed by atoms with van der Waals surface area (Å²) in [5.41, 5.74) is 1.44. The maximum absolute atomic E-state index is 11.3. The van der Waals surface area contributed by atoms with Crippen molar-refractivity contribution < 1.29 is 4.79 Å². The first-order valence-electron chi connectivity index (χ1n) is 4.44. The number of rotatable bonds is 1. The van der Waals surface area contributed by atoms with Gasteiger partial charge in [-0.25, -0.2) is 0 Å². The van der Waals surface area contributed by atoms with Crippen molar-refractivity contribution in [3.8, 4) is 0 Å². The van der Waals surface area contributed by atoms with Crippen LogP contribution in [0.4, 0.5) is 0 Å². The fourth-order valence-corrected chi connectivity index (χ4v) is 1.24. The standard InChI is InChI=1S/C11H10N2O/c14-11-10(12-6-7-13-11)8-9-4-2-1-3-5-9/h1-6,8H,7H2,(H,13,14). The molecule has 0 spiro atoms. The van der Waals surface area contributed by atoms with Gasteiger partial charge >= 0.3 is 0 Å². The summed E-state index contributed by atoms with van der Waals surface area (Å²) < 4.78 is 0. The van der Waals surface area contributed by atoms with Crippen molar-refractivity contribution >= 4 is 18.2 Å². The van der Waals surface area contributed by atoms with Crippen LogP contribution in [0.25, 0.3) is 6.08 Å². The molecule has 1 amide bonds. The summed E-state index contributed by atoms with van der Waals surface area (Å²) in [5, 5.41) is 2.70. The second-order valence-corrected chi connectivity index (χ2v) is 2.96. The topological polar surface area (TPSA) is 41.5 Å². The Labute approximate surface area is 82.2 Å². The molecule has 0 bridgehead atoms. The van der Waals surface area contributed by atoms with E-state index in [2.05, 4.69) is 10.3 Å². The maximum atomic E-state index is 11.3. The van der Waals surface area contributed by atoms with E-state index in [1.165, 1.54) is 0 Å². The highest BCUT2D eigenvalue weighted by Gasteiger charge is 2.09. The highest BCUT2D eigenvalue weighted by Crippen LogP contribution is 2.08. The number of nitrogens with one attached hydrogen (secondary N) is 1. The molecule has 0 saturated carbocycles. The van der Waals surface area contributed by atoms with Gasteiger partial charge in [-0.05, 0) is 11.6 Å². The van der Waals surface area contributed by atoms with Crippen molar-refractivity contribution in [3.63, 3.8) is 0 Å². The van der Waals surface area contributed by atoms with Crippen molar-refractivity contribution in [3.05, 3.63) is 41.6 Å². The summed E-state index contributed by atoms with van der Waals surface area (Å²) in [5.74, 6) is -0.114. The summed E-state index contributed by atoms with van der Waals surface area (Å²) in [7, 11) is 0. The van der Waals surface area contributed by atoms with Crippen LogP contribution >= 0.6 is 0 Å². The first-order chi connectivity index (χ1) is 6.86. The molecule has 1 aliphatic rings. The summed E-state index contributed by atoms with van der Waals surface area (Å²) in [6, 6.07) is 9.66. The van der Waals surface area contributed by atoms with Gasteiger partial charge in [0, 0.05) is 6.21 Å². The zero-order valence-electron chi connectivity index (χ0n) is 7.60. The van der Waals surface area contributed by atoms with Crippen LogP contribution in [0, 0.1) is 0 Å². The molecule has 0 radical (unpaired) electrons. The molecule has 14 heavy (non-hydrogen) atoms. The van der Waals surface area contributed by atoms with Crippen LogP contribution in [0.3, 0.4) is 0 Å². The Morgan fingerprint density at radius 2 is 2.07 bits per heavy atom. The number of hydrogen-bond donors (Lipinski definition) is 1. The minimum atomic E-state index is -0.114. The van der Waals surface area contributed by atoms with Gasteiger partial charge in [0.2, 0.25) is 0 Å². The SMILES string of the molecule is O=C1NCC=NC1=Cc1ccccc1. The van der Waals surface area contributed by atoms with E-state index in [1.807, 2.05) is 30.3 Å². The Balaban J connectivity index is 2.30. The molecule has 3 heteroatoms. The second kappa shape index (κ2) is 3.87. The molecule has 0 aliphatic carbocycles. The lowest BCUT2D eigenvalue weighted by molar-refractivity contribution is -0.117. The average molecular weight is 186 g/mol. The summed E-state index contributed by atoms with van der Waals surface area (Å²) >= 11 is 0. The van der Waals surface area contributed by atoms with Gasteiger partial charge in [0.25, 0.3) is 5.91 Å². The van der Waals surface area contributed by atoms with Crippen LogP contribution in [0.15, 0.2) is 41.0 Å². The molecule has 1 N–H and O–H groups in total. The number of nitrogens with zero attached hydrogens (tertiary/aromatic N) is 1. The van der Waals surface area contributed by atoms with Crippen LogP contribution in [-0.4, -0.2) is 18.7 Å². The number of hydrogen-bond acceptors (Lipinski definition) is 2. The van der Waals surface area contributed by atoms with E-state index in [4.69, 9.17) is 0 Å². The molecule has 0 atom stereocenters. The van der Waals surface area contributed by atoms with E-state index in [1.54, 1.807) is 12.3 Å². The van der Waals surface area contributed by atoms with Gasteiger partial charge in [0.15, 0.2) is 0 Å². The number of benzene rings is 1. The van der Waals surface area contributed by atoms with Gasteiger partial charge < -0.3 is 5.32 Å². The summed E-state index contributed by atoms with van der Waals surface area (Å²) in [6.07, 6.45) is 3.46. The van der Waals surface area contributed by atoms with Gasteiger partial charge in [-0.3, -0.25) is 9.79 Å². The van der Waals surface area contributed by atoms with E-state index < -0.39 is 0 Å². The zero-order valence-corrected chi connectivity index (χ0v) is 7.60. The largest absolute Gasteiger partial charge is 0.346 e. The van der Waals surface area contributed by atoms with Gasteiger partial charge in [-0.1, -0.05) is 30.3 Å². The number of amides is 1. The Morgan fingerprint density at radius 1 is 1.29 bits per heavy atom. The predicted octanol–water partition coefficient (Wildman–Crippen LogP) is 1.23. The second-order valence-electron chi connectivity index (χ2n) is 2.96. The molecule has 70 valence electrons. The number of carbonyl (C=O) groups is 1. The van der Waals surface area contributed by atoms with Crippen LogP contribution in [-0.2, 0) is 4.79 Å². The first kappa shape index (κ1) is 8.69. The molecule has 0 aromatic heterocycles. The van der Waals surface area contributed by atoms with Crippen molar-refractivity contribution in [2.45, 2.75) is 0 Å². The Morgan fingerprint density at radius 3 is 2.79 bits per heavy atom. The normalized spacial score (nSPS) is 18.3. The van der Waals surface area contributed by atoms with Crippen molar-refractivity contribution in [2.75, 3.05) is 6.54 Å². The van der Waals surface area contributed by atoms with E-state index in [9.17, 15) is 4.79 Å². The molecule has 0 fully saturated rings. The Bertz CT molecular complexity index is 393. The van der Waals surface area contributed by atoms with Gasteiger partial charge in [-0.2, -0.15) is 0 Å².